The van der Waals surface area contributed by atoms with E-state index in [0.717, 1.165) is 27.8 Å². The molecule has 2 N–H and O–H groups in total. The predicted octanol–water partition coefficient (Wildman–Crippen LogP) is 3.39. The van der Waals surface area contributed by atoms with Crippen LogP contribution in [0.25, 0.3) is 0 Å². The first-order chi connectivity index (χ1) is 9.82. The standard InChI is InChI=1S/C16H21BrFN3/c1-4-13-15(17)14(21(3)20-13)10-16(2,19)9-11-5-7-12(18)8-6-11/h5-8H,4,9-10,19H2,1-3H3. The Hall–Kier alpha value is -1.20. The van der Waals surface area contributed by atoms with Crippen LogP contribution in [0.1, 0.15) is 30.8 Å². The number of aryl methyl sites for hydroxylation is 2. The predicted molar refractivity (Wildman–Crippen MR) is 86.7 cm³/mol. The molecule has 114 valence electrons. The van der Waals surface area contributed by atoms with E-state index in [9.17, 15) is 4.39 Å². The third kappa shape index (κ3) is 3.92. The maximum Gasteiger partial charge on any atom is 0.123 e. The highest BCUT2D eigenvalue weighted by Crippen LogP contribution is 2.26. The third-order valence-electron chi connectivity index (χ3n) is 3.60. The molecule has 1 heterocycles. The smallest absolute Gasteiger partial charge is 0.123 e. The van der Waals surface area contributed by atoms with Crippen LogP contribution in [0.15, 0.2) is 28.7 Å². The lowest BCUT2D eigenvalue weighted by Gasteiger charge is -2.25. The lowest BCUT2D eigenvalue weighted by Crippen LogP contribution is -2.41. The summed E-state index contributed by atoms with van der Waals surface area (Å²) >= 11 is 3.62. The van der Waals surface area contributed by atoms with Crippen LogP contribution in [-0.4, -0.2) is 15.3 Å². The van der Waals surface area contributed by atoms with E-state index in [1.54, 1.807) is 12.1 Å². The van der Waals surface area contributed by atoms with Gasteiger partial charge in [0.1, 0.15) is 5.82 Å². The topological polar surface area (TPSA) is 43.8 Å². The van der Waals surface area contributed by atoms with Crippen molar-refractivity contribution >= 4 is 15.9 Å². The van der Waals surface area contributed by atoms with Gasteiger partial charge in [0, 0.05) is 19.0 Å². The van der Waals surface area contributed by atoms with Gasteiger partial charge in [-0.3, -0.25) is 4.68 Å². The Kier molecular flexibility index (Phi) is 4.84. The van der Waals surface area contributed by atoms with Crippen molar-refractivity contribution in [3.63, 3.8) is 0 Å². The van der Waals surface area contributed by atoms with Crippen LogP contribution in [0.2, 0.25) is 0 Å². The fraction of sp³-hybridized carbons (Fsp3) is 0.438. The van der Waals surface area contributed by atoms with E-state index in [0.29, 0.717) is 12.8 Å². The van der Waals surface area contributed by atoms with Crippen LogP contribution in [0, 0.1) is 5.82 Å². The van der Waals surface area contributed by atoms with E-state index in [2.05, 4.69) is 28.0 Å². The molecule has 1 unspecified atom stereocenters. The maximum atomic E-state index is 13.0. The molecule has 0 amide bonds. The van der Waals surface area contributed by atoms with E-state index in [-0.39, 0.29) is 5.82 Å². The van der Waals surface area contributed by atoms with Crippen LogP contribution >= 0.6 is 15.9 Å². The van der Waals surface area contributed by atoms with Gasteiger partial charge in [-0.05, 0) is 53.4 Å². The summed E-state index contributed by atoms with van der Waals surface area (Å²) in [6.45, 7) is 4.10. The van der Waals surface area contributed by atoms with Gasteiger partial charge < -0.3 is 5.73 Å². The Balaban J connectivity index is 2.17. The minimum atomic E-state index is -0.418. The van der Waals surface area contributed by atoms with Crippen molar-refractivity contribution in [3.8, 4) is 0 Å². The molecule has 0 radical (unpaired) electrons. The van der Waals surface area contributed by atoms with E-state index in [4.69, 9.17) is 5.73 Å². The quantitative estimate of drug-likeness (QED) is 0.895. The van der Waals surface area contributed by atoms with Gasteiger partial charge in [-0.2, -0.15) is 5.10 Å². The molecule has 0 fully saturated rings. The Morgan fingerprint density at radius 2 is 1.90 bits per heavy atom. The van der Waals surface area contributed by atoms with E-state index in [1.807, 2.05) is 18.7 Å². The van der Waals surface area contributed by atoms with E-state index >= 15 is 0 Å². The molecule has 3 nitrogen and oxygen atoms in total. The number of hydrogen-bond donors (Lipinski definition) is 1. The first-order valence-corrected chi connectivity index (χ1v) is 7.85. The average molecular weight is 354 g/mol. The monoisotopic (exact) mass is 353 g/mol. The minimum absolute atomic E-state index is 0.223. The Morgan fingerprint density at radius 3 is 2.43 bits per heavy atom. The molecule has 21 heavy (non-hydrogen) atoms. The minimum Gasteiger partial charge on any atom is -0.325 e. The zero-order valence-electron chi connectivity index (χ0n) is 12.7. The normalized spacial score (nSPS) is 14.2. The summed E-state index contributed by atoms with van der Waals surface area (Å²) in [4.78, 5) is 0. The van der Waals surface area contributed by atoms with E-state index in [1.165, 1.54) is 12.1 Å². The van der Waals surface area contributed by atoms with Crippen molar-refractivity contribution < 1.29 is 4.39 Å². The van der Waals surface area contributed by atoms with Gasteiger partial charge in [-0.1, -0.05) is 19.1 Å². The van der Waals surface area contributed by atoms with Crippen molar-refractivity contribution in [3.05, 3.63) is 51.5 Å². The number of nitrogens with two attached hydrogens (primary N) is 1. The van der Waals surface area contributed by atoms with Crippen LogP contribution in [0.3, 0.4) is 0 Å². The first kappa shape index (κ1) is 16.2. The highest BCUT2D eigenvalue weighted by molar-refractivity contribution is 9.10. The fourth-order valence-corrected chi connectivity index (χ4v) is 3.28. The van der Waals surface area contributed by atoms with Gasteiger partial charge >= 0.3 is 0 Å². The van der Waals surface area contributed by atoms with Gasteiger partial charge in [-0.15, -0.1) is 0 Å². The molecule has 5 heteroatoms. The van der Waals surface area contributed by atoms with Crippen molar-refractivity contribution in [1.29, 1.82) is 0 Å². The summed E-state index contributed by atoms with van der Waals surface area (Å²) in [5, 5.41) is 4.50. The fourth-order valence-electron chi connectivity index (χ4n) is 2.53. The van der Waals surface area contributed by atoms with Gasteiger partial charge in [-0.25, -0.2) is 4.39 Å². The summed E-state index contributed by atoms with van der Waals surface area (Å²) in [5.74, 6) is -0.223. The van der Waals surface area contributed by atoms with Gasteiger partial charge in [0.15, 0.2) is 0 Å². The highest BCUT2D eigenvalue weighted by Gasteiger charge is 2.24. The molecule has 0 spiro atoms. The zero-order valence-corrected chi connectivity index (χ0v) is 14.2. The van der Waals surface area contributed by atoms with Crippen molar-refractivity contribution in [2.45, 2.75) is 38.6 Å². The summed E-state index contributed by atoms with van der Waals surface area (Å²) in [5.41, 5.74) is 9.21. The lowest BCUT2D eigenvalue weighted by atomic mass is 9.89. The number of nitrogens with zero attached hydrogens (tertiary/aromatic N) is 2. The van der Waals surface area contributed by atoms with Crippen molar-refractivity contribution in [1.82, 2.24) is 9.78 Å². The molecule has 1 aromatic heterocycles. The molecule has 0 aliphatic rings. The Labute approximate surface area is 133 Å². The summed E-state index contributed by atoms with van der Waals surface area (Å²) in [6.07, 6.45) is 2.27. The molecule has 1 aromatic carbocycles. The lowest BCUT2D eigenvalue weighted by molar-refractivity contribution is 0.446. The van der Waals surface area contributed by atoms with Crippen LogP contribution in [0.4, 0.5) is 4.39 Å². The van der Waals surface area contributed by atoms with E-state index < -0.39 is 5.54 Å². The third-order valence-corrected chi connectivity index (χ3v) is 4.51. The van der Waals surface area contributed by atoms with Crippen LogP contribution < -0.4 is 5.73 Å². The summed E-state index contributed by atoms with van der Waals surface area (Å²) in [6, 6.07) is 6.52. The molecule has 0 saturated heterocycles. The van der Waals surface area contributed by atoms with Gasteiger partial charge in [0.2, 0.25) is 0 Å². The van der Waals surface area contributed by atoms with Gasteiger partial charge in [0.25, 0.3) is 0 Å². The SMILES string of the molecule is CCc1nn(C)c(CC(C)(N)Cc2ccc(F)cc2)c1Br. The summed E-state index contributed by atoms with van der Waals surface area (Å²) < 4.78 is 15.9. The molecule has 0 aliphatic carbocycles. The molecule has 0 bridgehead atoms. The molecular weight excluding hydrogens is 333 g/mol. The molecule has 2 rings (SSSR count). The molecule has 0 saturated carbocycles. The second-order valence-electron chi connectivity index (χ2n) is 5.82. The zero-order chi connectivity index (χ0) is 15.6. The van der Waals surface area contributed by atoms with Crippen LogP contribution in [-0.2, 0) is 26.3 Å². The Morgan fingerprint density at radius 1 is 1.29 bits per heavy atom. The summed E-state index contributed by atoms with van der Waals surface area (Å²) in [7, 11) is 1.94. The first-order valence-electron chi connectivity index (χ1n) is 7.06. The second kappa shape index (κ2) is 6.28. The number of aromatic nitrogens is 2. The Bertz CT molecular complexity index is 617. The molecule has 0 aliphatic heterocycles. The average Bonchev–Trinajstić information content (AvgIpc) is 2.68. The molecular formula is C16H21BrFN3. The number of benzene rings is 1. The largest absolute Gasteiger partial charge is 0.325 e. The molecule has 2 aromatic rings. The van der Waals surface area contributed by atoms with Crippen molar-refractivity contribution in [2.24, 2.45) is 12.8 Å². The highest BCUT2D eigenvalue weighted by atomic mass is 79.9. The van der Waals surface area contributed by atoms with Gasteiger partial charge in [0.05, 0.1) is 15.9 Å². The van der Waals surface area contributed by atoms with Crippen molar-refractivity contribution in [2.75, 3.05) is 0 Å². The number of halogens is 2. The number of hydrogen-bond acceptors (Lipinski definition) is 2. The maximum absolute atomic E-state index is 13.0. The van der Waals surface area contributed by atoms with Crippen LogP contribution in [0.5, 0.6) is 0 Å². The second-order valence-corrected chi connectivity index (χ2v) is 6.61. The number of rotatable bonds is 5. The molecule has 1 atom stereocenters.